The van der Waals surface area contributed by atoms with Crippen molar-refractivity contribution >= 4 is 16.9 Å². The third-order valence-corrected chi connectivity index (χ3v) is 2.62. The summed E-state index contributed by atoms with van der Waals surface area (Å²) in [6.07, 6.45) is 5.33. The number of fused-ring (bicyclic) bond motifs is 1. The lowest BCUT2D eigenvalue weighted by Crippen LogP contribution is -2.17. The summed E-state index contributed by atoms with van der Waals surface area (Å²) < 4.78 is 0. The number of aromatic nitrogens is 3. The van der Waals surface area contributed by atoms with Crippen LogP contribution >= 0.6 is 0 Å². The first kappa shape index (κ1) is 11.6. The maximum absolute atomic E-state index is 11.5. The molecule has 2 heterocycles. The molecule has 0 amide bonds. The van der Waals surface area contributed by atoms with Crippen LogP contribution in [0.1, 0.15) is 26.7 Å². The third-order valence-electron chi connectivity index (χ3n) is 2.62. The lowest BCUT2D eigenvalue weighted by Gasteiger charge is -2.12. The molecule has 1 unspecified atom stereocenters. The molecule has 0 radical (unpaired) electrons. The zero-order valence-corrected chi connectivity index (χ0v) is 10.0. The monoisotopic (exact) mass is 232 g/mol. The third kappa shape index (κ3) is 2.61. The van der Waals surface area contributed by atoms with Crippen LogP contribution in [-0.2, 0) is 0 Å². The molecule has 5 heteroatoms. The van der Waals surface area contributed by atoms with E-state index in [2.05, 4.69) is 34.1 Å². The highest BCUT2D eigenvalue weighted by Crippen LogP contribution is 2.09. The smallest absolute Gasteiger partial charge is 0.258 e. The minimum Gasteiger partial charge on any atom is -0.352 e. The van der Waals surface area contributed by atoms with Gasteiger partial charge >= 0.3 is 0 Å². The first-order chi connectivity index (χ1) is 8.20. The fourth-order valence-electron chi connectivity index (χ4n) is 1.77. The van der Waals surface area contributed by atoms with Gasteiger partial charge in [0.1, 0.15) is 0 Å². The predicted octanol–water partition coefficient (Wildman–Crippen LogP) is 1.92. The van der Waals surface area contributed by atoms with Crippen molar-refractivity contribution in [2.24, 2.45) is 0 Å². The number of anilines is 1. The Kier molecular flexibility index (Phi) is 3.37. The fourth-order valence-corrected chi connectivity index (χ4v) is 1.77. The SMILES string of the molecule is CCCC(C)Nc1ncc2c(=O)[nH]ccc2n1. The van der Waals surface area contributed by atoms with Crippen LogP contribution < -0.4 is 10.9 Å². The quantitative estimate of drug-likeness (QED) is 0.844. The number of pyridine rings is 1. The molecule has 2 N–H and O–H groups in total. The molecular weight excluding hydrogens is 216 g/mol. The Morgan fingerprint density at radius 2 is 2.35 bits per heavy atom. The van der Waals surface area contributed by atoms with E-state index in [1.807, 2.05) is 0 Å². The molecule has 5 nitrogen and oxygen atoms in total. The van der Waals surface area contributed by atoms with Crippen molar-refractivity contribution < 1.29 is 0 Å². The summed E-state index contributed by atoms with van der Waals surface area (Å²) in [6.45, 7) is 4.23. The number of hydrogen-bond acceptors (Lipinski definition) is 4. The van der Waals surface area contributed by atoms with Crippen LogP contribution in [-0.4, -0.2) is 21.0 Å². The zero-order valence-electron chi connectivity index (χ0n) is 10.0. The molecule has 0 aliphatic carbocycles. The first-order valence-electron chi connectivity index (χ1n) is 5.81. The van der Waals surface area contributed by atoms with Crippen LogP contribution in [0.4, 0.5) is 5.95 Å². The van der Waals surface area contributed by atoms with Gasteiger partial charge in [0.15, 0.2) is 0 Å². The van der Waals surface area contributed by atoms with Gasteiger partial charge in [0.25, 0.3) is 5.56 Å². The minimum absolute atomic E-state index is 0.157. The van der Waals surface area contributed by atoms with Crippen LogP contribution in [0.3, 0.4) is 0 Å². The lowest BCUT2D eigenvalue weighted by atomic mass is 10.2. The first-order valence-corrected chi connectivity index (χ1v) is 5.81. The van der Waals surface area contributed by atoms with E-state index in [9.17, 15) is 4.79 Å². The second-order valence-corrected chi connectivity index (χ2v) is 4.13. The van der Waals surface area contributed by atoms with E-state index < -0.39 is 0 Å². The fraction of sp³-hybridized carbons (Fsp3) is 0.417. The van der Waals surface area contributed by atoms with Crippen LogP contribution in [0.25, 0.3) is 10.9 Å². The minimum atomic E-state index is -0.157. The van der Waals surface area contributed by atoms with E-state index in [0.29, 0.717) is 22.9 Å². The van der Waals surface area contributed by atoms with Crippen molar-refractivity contribution in [1.82, 2.24) is 15.0 Å². The average molecular weight is 232 g/mol. The Hall–Kier alpha value is -1.91. The Morgan fingerprint density at radius 3 is 3.12 bits per heavy atom. The van der Waals surface area contributed by atoms with Gasteiger partial charge in [-0.1, -0.05) is 13.3 Å². The molecule has 0 aliphatic rings. The average Bonchev–Trinajstić information content (AvgIpc) is 2.29. The summed E-state index contributed by atoms with van der Waals surface area (Å²) in [5.41, 5.74) is 0.505. The van der Waals surface area contributed by atoms with Gasteiger partial charge < -0.3 is 10.3 Å². The van der Waals surface area contributed by atoms with Crippen LogP contribution in [0.5, 0.6) is 0 Å². The van der Waals surface area contributed by atoms with Gasteiger partial charge in [0, 0.05) is 18.4 Å². The highest BCUT2D eigenvalue weighted by atomic mass is 16.1. The number of aromatic amines is 1. The summed E-state index contributed by atoms with van der Waals surface area (Å²) in [4.78, 5) is 22.5. The van der Waals surface area contributed by atoms with Crippen LogP contribution in [0.15, 0.2) is 23.3 Å². The van der Waals surface area contributed by atoms with E-state index in [1.165, 1.54) is 0 Å². The maximum atomic E-state index is 11.5. The van der Waals surface area contributed by atoms with Gasteiger partial charge in [-0.05, 0) is 19.4 Å². The standard InChI is InChI=1S/C12H16N4O/c1-3-4-8(2)15-12-14-7-9-10(16-12)5-6-13-11(9)17/h5-8H,3-4H2,1-2H3,(H,13,17)(H,14,15,16). The molecule has 0 bridgehead atoms. The largest absolute Gasteiger partial charge is 0.352 e. The van der Waals surface area contributed by atoms with E-state index in [1.54, 1.807) is 18.5 Å². The molecule has 0 fully saturated rings. The molecule has 2 aromatic rings. The Morgan fingerprint density at radius 1 is 1.53 bits per heavy atom. The van der Waals surface area contributed by atoms with Crippen molar-refractivity contribution in [2.75, 3.05) is 5.32 Å². The molecule has 0 saturated carbocycles. The molecule has 1 atom stereocenters. The van der Waals surface area contributed by atoms with Crippen LogP contribution in [0, 0.1) is 0 Å². The maximum Gasteiger partial charge on any atom is 0.258 e. The second-order valence-electron chi connectivity index (χ2n) is 4.13. The normalized spacial score (nSPS) is 12.6. The molecule has 0 aromatic carbocycles. The summed E-state index contributed by atoms with van der Waals surface area (Å²) in [5, 5.41) is 3.73. The van der Waals surface area contributed by atoms with E-state index in [-0.39, 0.29) is 5.56 Å². The van der Waals surface area contributed by atoms with E-state index in [0.717, 1.165) is 12.8 Å². The summed E-state index contributed by atoms with van der Waals surface area (Å²) in [7, 11) is 0. The predicted molar refractivity (Wildman–Crippen MR) is 68.2 cm³/mol. The van der Waals surface area contributed by atoms with Gasteiger partial charge in [-0.2, -0.15) is 0 Å². The van der Waals surface area contributed by atoms with Gasteiger partial charge in [0.05, 0.1) is 10.9 Å². The molecule has 90 valence electrons. The van der Waals surface area contributed by atoms with Gasteiger partial charge in [0.2, 0.25) is 5.95 Å². The number of hydrogen-bond donors (Lipinski definition) is 2. The number of rotatable bonds is 4. The van der Waals surface area contributed by atoms with E-state index in [4.69, 9.17) is 0 Å². The summed E-state index contributed by atoms with van der Waals surface area (Å²) in [6, 6.07) is 2.10. The summed E-state index contributed by atoms with van der Waals surface area (Å²) >= 11 is 0. The zero-order chi connectivity index (χ0) is 12.3. The van der Waals surface area contributed by atoms with Crippen LogP contribution in [0.2, 0.25) is 0 Å². The Bertz CT molecular complexity index is 564. The highest BCUT2D eigenvalue weighted by molar-refractivity contribution is 5.77. The van der Waals surface area contributed by atoms with Crippen molar-refractivity contribution in [3.63, 3.8) is 0 Å². The van der Waals surface area contributed by atoms with E-state index >= 15 is 0 Å². The van der Waals surface area contributed by atoms with Crippen molar-refractivity contribution in [3.05, 3.63) is 28.8 Å². The molecule has 0 spiro atoms. The highest BCUT2D eigenvalue weighted by Gasteiger charge is 2.05. The van der Waals surface area contributed by atoms with Gasteiger partial charge in [-0.15, -0.1) is 0 Å². The van der Waals surface area contributed by atoms with Gasteiger partial charge in [-0.25, -0.2) is 9.97 Å². The number of H-pyrrole nitrogens is 1. The van der Waals surface area contributed by atoms with Gasteiger partial charge in [-0.3, -0.25) is 4.79 Å². The molecular formula is C12H16N4O. The number of nitrogens with zero attached hydrogens (tertiary/aromatic N) is 2. The lowest BCUT2D eigenvalue weighted by molar-refractivity contribution is 0.684. The molecule has 2 rings (SSSR count). The van der Waals surface area contributed by atoms with Crippen molar-refractivity contribution in [2.45, 2.75) is 32.7 Å². The summed E-state index contributed by atoms with van der Waals surface area (Å²) in [5.74, 6) is 0.573. The second kappa shape index (κ2) is 4.95. The molecule has 2 aromatic heterocycles. The topological polar surface area (TPSA) is 70.7 Å². The molecule has 0 saturated heterocycles. The Balaban J connectivity index is 2.29. The molecule has 0 aliphatic heterocycles. The Labute approximate surface area is 99.3 Å². The number of nitrogens with one attached hydrogen (secondary N) is 2. The van der Waals surface area contributed by atoms with Crippen molar-refractivity contribution in [1.29, 1.82) is 0 Å². The van der Waals surface area contributed by atoms with Crippen molar-refractivity contribution in [3.8, 4) is 0 Å². The molecule has 17 heavy (non-hydrogen) atoms.